The predicted octanol–water partition coefficient (Wildman–Crippen LogP) is 1.51. The van der Waals surface area contributed by atoms with Crippen molar-refractivity contribution in [3.63, 3.8) is 0 Å². The van der Waals surface area contributed by atoms with Gasteiger partial charge in [0.05, 0.1) is 0 Å². The van der Waals surface area contributed by atoms with Crippen LogP contribution < -0.4 is 10.2 Å². The van der Waals surface area contributed by atoms with Crippen LogP contribution in [0, 0.1) is 0 Å². The molecular weight excluding hydrogens is 268 g/mol. The lowest BCUT2D eigenvalue weighted by atomic mass is 10.1. The number of rotatable bonds is 6. The Hall–Kier alpha value is -1.88. The van der Waals surface area contributed by atoms with Crippen LogP contribution in [0.2, 0.25) is 0 Å². The van der Waals surface area contributed by atoms with Crippen molar-refractivity contribution in [3.8, 4) is 0 Å². The van der Waals surface area contributed by atoms with Gasteiger partial charge in [-0.1, -0.05) is 18.2 Å². The highest BCUT2D eigenvalue weighted by Gasteiger charge is 2.36. The molecule has 1 aliphatic rings. The van der Waals surface area contributed by atoms with Gasteiger partial charge in [-0.25, -0.2) is 0 Å². The van der Waals surface area contributed by atoms with Crippen LogP contribution in [-0.4, -0.2) is 37.6 Å². The molecule has 0 radical (unpaired) electrons. The van der Waals surface area contributed by atoms with Gasteiger partial charge in [0.15, 0.2) is 0 Å². The summed E-state index contributed by atoms with van der Waals surface area (Å²) in [5, 5.41) is 2.89. The van der Waals surface area contributed by atoms with E-state index in [0.717, 1.165) is 17.7 Å². The SMILES string of the molecule is CCOCCCNC(=O)[C@@H]1Cc2ccccc2N1C(C)=O. The molecule has 1 atom stereocenters. The number of ether oxygens (including phenoxy) is 1. The fourth-order valence-electron chi connectivity index (χ4n) is 2.63. The Morgan fingerprint density at radius 1 is 1.38 bits per heavy atom. The smallest absolute Gasteiger partial charge is 0.243 e. The quantitative estimate of drug-likeness (QED) is 0.808. The zero-order valence-corrected chi connectivity index (χ0v) is 12.6. The molecular formula is C16H22N2O3. The van der Waals surface area contributed by atoms with Crippen LogP contribution in [0.15, 0.2) is 24.3 Å². The van der Waals surface area contributed by atoms with Crippen molar-refractivity contribution in [1.29, 1.82) is 0 Å². The average Bonchev–Trinajstić information content (AvgIpc) is 2.86. The van der Waals surface area contributed by atoms with Gasteiger partial charge in [-0.15, -0.1) is 0 Å². The first-order valence-electron chi connectivity index (χ1n) is 7.38. The van der Waals surface area contributed by atoms with Crippen molar-refractivity contribution in [1.82, 2.24) is 5.32 Å². The summed E-state index contributed by atoms with van der Waals surface area (Å²) in [4.78, 5) is 25.8. The minimum absolute atomic E-state index is 0.0992. The predicted molar refractivity (Wildman–Crippen MR) is 81.2 cm³/mol. The molecule has 0 fully saturated rings. The van der Waals surface area contributed by atoms with E-state index in [2.05, 4.69) is 5.32 Å². The van der Waals surface area contributed by atoms with E-state index in [-0.39, 0.29) is 11.8 Å². The molecule has 1 heterocycles. The van der Waals surface area contributed by atoms with Crippen LogP contribution in [0.4, 0.5) is 5.69 Å². The topological polar surface area (TPSA) is 58.6 Å². The number of amides is 2. The van der Waals surface area contributed by atoms with Crippen LogP contribution in [0.5, 0.6) is 0 Å². The largest absolute Gasteiger partial charge is 0.382 e. The third kappa shape index (κ3) is 3.61. The molecule has 0 aliphatic carbocycles. The monoisotopic (exact) mass is 290 g/mol. The second kappa shape index (κ2) is 7.22. The first-order chi connectivity index (χ1) is 10.1. The van der Waals surface area contributed by atoms with Gasteiger partial charge in [-0.05, 0) is 25.0 Å². The van der Waals surface area contributed by atoms with E-state index in [9.17, 15) is 9.59 Å². The molecule has 5 nitrogen and oxygen atoms in total. The Morgan fingerprint density at radius 3 is 2.86 bits per heavy atom. The molecule has 0 spiro atoms. The summed E-state index contributed by atoms with van der Waals surface area (Å²) in [7, 11) is 0. The van der Waals surface area contributed by atoms with E-state index in [1.54, 1.807) is 4.90 Å². The van der Waals surface area contributed by atoms with Gasteiger partial charge in [0.25, 0.3) is 0 Å². The number of anilines is 1. The van der Waals surface area contributed by atoms with Gasteiger partial charge < -0.3 is 10.1 Å². The van der Waals surface area contributed by atoms with Gasteiger partial charge in [-0.3, -0.25) is 14.5 Å². The molecule has 114 valence electrons. The van der Waals surface area contributed by atoms with Gasteiger partial charge in [0.1, 0.15) is 6.04 Å². The lowest BCUT2D eigenvalue weighted by Crippen LogP contribution is -2.47. The molecule has 0 saturated heterocycles. The maximum Gasteiger partial charge on any atom is 0.243 e. The number of hydrogen-bond donors (Lipinski definition) is 1. The molecule has 2 rings (SSSR count). The standard InChI is InChI=1S/C16H22N2O3/c1-3-21-10-6-9-17-16(20)15-11-13-7-4-5-8-14(13)18(15)12(2)19/h4-5,7-8,15H,3,6,9-11H2,1-2H3,(H,17,20)/t15-/m0/s1. The number of carbonyl (C=O) groups excluding carboxylic acids is 2. The van der Waals surface area contributed by atoms with Crippen LogP contribution in [0.1, 0.15) is 25.8 Å². The van der Waals surface area contributed by atoms with Crippen molar-refractivity contribution in [3.05, 3.63) is 29.8 Å². The Bertz CT molecular complexity index is 516. The fourth-order valence-corrected chi connectivity index (χ4v) is 2.63. The summed E-state index contributed by atoms with van der Waals surface area (Å²) in [5.74, 6) is -0.202. The molecule has 0 bridgehead atoms. The summed E-state index contributed by atoms with van der Waals surface area (Å²) < 4.78 is 5.23. The van der Waals surface area contributed by atoms with Crippen LogP contribution in [-0.2, 0) is 20.7 Å². The number of nitrogens with zero attached hydrogens (tertiary/aromatic N) is 1. The summed E-state index contributed by atoms with van der Waals surface area (Å²) >= 11 is 0. The zero-order chi connectivity index (χ0) is 15.2. The number of hydrogen-bond acceptors (Lipinski definition) is 3. The molecule has 1 N–H and O–H groups in total. The van der Waals surface area contributed by atoms with Crippen molar-refractivity contribution < 1.29 is 14.3 Å². The van der Waals surface area contributed by atoms with Crippen molar-refractivity contribution in [2.75, 3.05) is 24.7 Å². The minimum Gasteiger partial charge on any atom is -0.382 e. The number of nitrogens with one attached hydrogen (secondary N) is 1. The highest BCUT2D eigenvalue weighted by Crippen LogP contribution is 2.32. The van der Waals surface area contributed by atoms with Gasteiger partial charge >= 0.3 is 0 Å². The first kappa shape index (κ1) is 15.5. The molecule has 1 aliphatic heterocycles. The lowest BCUT2D eigenvalue weighted by molar-refractivity contribution is -0.125. The minimum atomic E-state index is -0.438. The first-order valence-corrected chi connectivity index (χ1v) is 7.38. The average molecular weight is 290 g/mol. The third-order valence-electron chi connectivity index (χ3n) is 3.59. The highest BCUT2D eigenvalue weighted by atomic mass is 16.5. The van der Waals surface area contributed by atoms with Gasteiger partial charge in [0.2, 0.25) is 11.8 Å². The molecule has 21 heavy (non-hydrogen) atoms. The third-order valence-corrected chi connectivity index (χ3v) is 3.59. The Labute approximate surface area is 125 Å². The van der Waals surface area contributed by atoms with E-state index in [1.807, 2.05) is 31.2 Å². The van der Waals surface area contributed by atoms with Crippen LogP contribution >= 0.6 is 0 Å². The second-order valence-electron chi connectivity index (χ2n) is 5.08. The Balaban J connectivity index is 1.97. The Kier molecular flexibility index (Phi) is 5.33. The molecule has 0 aromatic heterocycles. The molecule has 0 saturated carbocycles. The van der Waals surface area contributed by atoms with Crippen molar-refractivity contribution >= 4 is 17.5 Å². The molecule has 1 aromatic carbocycles. The highest BCUT2D eigenvalue weighted by molar-refractivity contribution is 6.02. The summed E-state index contributed by atoms with van der Waals surface area (Å²) in [6.07, 6.45) is 1.35. The number of benzene rings is 1. The maximum absolute atomic E-state index is 12.3. The molecule has 5 heteroatoms. The normalized spacial score (nSPS) is 16.7. The van der Waals surface area contributed by atoms with E-state index < -0.39 is 6.04 Å². The van der Waals surface area contributed by atoms with Gasteiger partial charge in [-0.2, -0.15) is 0 Å². The second-order valence-corrected chi connectivity index (χ2v) is 5.08. The van der Waals surface area contributed by atoms with E-state index >= 15 is 0 Å². The summed E-state index contributed by atoms with van der Waals surface area (Å²) in [6, 6.07) is 7.23. The summed E-state index contributed by atoms with van der Waals surface area (Å²) in [5.41, 5.74) is 1.89. The van der Waals surface area contributed by atoms with Crippen molar-refractivity contribution in [2.24, 2.45) is 0 Å². The molecule has 2 amide bonds. The van der Waals surface area contributed by atoms with E-state index in [4.69, 9.17) is 4.74 Å². The van der Waals surface area contributed by atoms with Gasteiger partial charge in [0, 0.05) is 38.8 Å². The fraction of sp³-hybridized carbons (Fsp3) is 0.500. The Morgan fingerprint density at radius 2 is 2.14 bits per heavy atom. The van der Waals surface area contributed by atoms with Crippen LogP contribution in [0.3, 0.4) is 0 Å². The molecule has 1 aromatic rings. The maximum atomic E-state index is 12.3. The molecule has 0 unspecified atom stereocenters. The zero-order valence-electron chi connectivity index (χ0n) is 12.6. The number of carbonyl (C=O) groups is 2. The number of para-hydroxylation sites is 1. The van der Waals surface area contributed by atoms with Crippen molar-refractivity contribution in [2.45, 2.75) is 32.7 Å². The van der Waals surface area contributed by atoms with Crippen LogP contribution in [0.25, 0.3) is 0 Å². The van der Waals surface area contributed by atoms with E-state index in [1.165, 1.54) is 6.92 Å². The summed E-state index contributed by atoms with van der Waals surface area (Å²) in [6.45, 7) is 5.33. The lowest BCUT2D eigenvalue weighted by Gasteiger charge is -2.23. The van der Waals surface area contributed by atoms with E-state index in [0.29, 0.717) is 26.2 Å². The number of fused-ring (bicyclic) bond motifs is 1.